The fraction of sp³-hybridized carbons (Fsp3) is 0.727. The van der Waals surface area contributed by atoms with Crippen molar-refractivity contribution in [2.45, 2.75) is 19.0 Å². The summed E-state index contributed by atoms with van der Waals surface area (Å²) in [6.07, 6.45) is 5.00. The van der Waals surface area contributed by atoms with Crippen molar-refractivity contribution in [1.29, 1.82) is 0 Å². The third-order valence-electron chi connectivity index (χ3n) is 3.02. The number of hydrogen-bond acceptors (Lipinski definition) is 4. The normalized spacial score (nSPS) is 20.1. The lowest BCUT2D eigenvalue weighted by Gasteiger charge is -2.27. The lowest BCUT2D eigenvalue weighted by Crippen LogP contribution is -2.44. The summed E-state index contributed by atoms with van der Waals surface area (Å²) in [5, 5.41) is 3.55. The fourth-order valence-corrected chi connectivity index (χ4v) is 2.57. The number of nitrogens with zero attached hydrogens (tertiary/aromatic N) is 2. The maximum absolute atomic E-state index is 4.36. The van der Waals surface area contributed by atoms with Gasteiger partial charge in [0.15, 0.2) is 0 Å². The molecule has 1 aliphatic heterocycles. The maximum atomic E-state index is 4.36. The van der Waals surface area contributed by atoms with E-state index in [1.165, 1.54) is 17.1 Å². The second kappa shape index (κ2) is 5.70. The predicted molar refractivity (Wildman–Crippen MR) is 68.8 cm³/mol. The van der Waals surface area contributed by atoms with E-state index in [9.17, 15) is 0 Å². The van der Waals surface area contributed by atoms with Crippen molar-refractivity contribution in [3.63, 3.8) is 0 Å². The van der Waals surface area contributed by atoms with Crippen LogP contribution in [0.25, 0.3) is 0 Å². The van der Waals surface area contributed by atoms with Crippen LogP contribution in [0.2, 0.25) is 0 Å². The number of aromatic nitrogens is 2. The SMILES string of the molecule is CSCCN(C)CC1Cc2nc[nH]c2CN1. The molecule has 4 nitrogen and oxygen atoms in total. The smallest absolute Gasteiger partial charge is 0.0925 e. The number of H-pyrrole nitrogens is 1. The van der Waals surface area contributed by atoms with Crippen molar-refractivity contribution in [2.75, 3.05) is 32.1 Å². The molecule has 2 heterocycles. The first kappa shape index (κ1) is 12.0. The first-order valence-corrected chi connectivity index (χ1v) is 7.11. The van der Waals surface area contributed by atoms with Crippen molar-refractivity contribution in [3.8, 4) is 0 Å². The summed E-state index contributed by atoms with van der Waals surface area (Å²) in [5.74, 6) is 1.21. The first-order valence-electron chi connectivity index (χ1n) is 5.71. The summed E-state index contributed by atoms with van der Waals surface area (Å²) in [7, 11) is 2.19. The van der Waals surface area contributed by atoms with Gasteiger partial charge in [-0.25, -0.2) is 4.98 Å². The van der Waals surface area contributed by atoms with Gasteiger partial charge >= 0.3 is 0 Å². The number of thioether (sulfide) groups is 1. The molecule has 0 spiro atoms. The maximum Gasteiger partial charge on any atom is 0.0925 e. The molecule has 1 unspecified atom stereocenters. The number of likely N-dealkylation sites (N-methyl/N-ethyl adjacent to an activating group) is 1. The molecular weight excluding hydrogens is 220 g/mol. The summed E-state index contributed by atoms with van der Waals surface area (Å²) >= 11 is 1.90. The molecule has 0 amide bonds. The Morgan fingerprint density at radius 2 is 2.50 bits per heavy atom. The second-order valence-corrected chi connectivity index (χ2v) is 5.35. The van der Waals surface area contributed by atoms with Crippen LogP contribution in [0.3, 0.4) is 0 Å². The van der Waals surface area contributed by atoms with Crippen LogP contribution in [0.5, 0.6) is 0 Å². The van der Waals surface area contributed by atoms with Crippen LogP contribution in [0, 0.1) is 0 Å². The Morgan fingerprint density at radius 1 is 1.62 bits per heavy atom. The molecule has 0 fully saturated rings. The summed E-state index contributed by atoms with van der Waals surface area (Å²) < 4.78 is 0. The van der Waals surface area contributed by atoms with Gasteiger partial charge in [-0.2, -0.15) is 11.8 Å². The molecule has 16 heavy (non-hydrogen) atoms. The van der Waals surface area contributed by atoms with Crippen LogP contribution in [-0.4, -0.2) is 53.1 Å². The minimum atomic E-state index is 0.544. The Hall–Kier alpha value is -0.520. The van der Waals surface area contributed by atoms with Crippen molar-refractivity contribution < 1.29 is 0 Å². The van der Waals surface area contributed by atoms with E-state index >= 15 is 0 Å². The van der Waals surface area contributed by atoms with E-state index in [1.807, 2.05) is 11.8 Å². The number of imidazole rings is 1. The molecule has 0 saturated carbocycles. The summed E-state index contributed by atoms with van der Waals surface area (Å²) in [6.45, 7) is 3.19. The summed E-state index contributed by atoms with van der Waals surface area (Å²) in [5.41, 5.74) is 2.49. The zero-order chi connectivity index (χ0) is 11.4. The first-order chi connectivity index (χ1) is 7.79. The fourth-order valence-electron chi connectivity index (χ4n) is 2.07. The van der Waals surface area contributed by atoms with Gasteiger partial charge in [0.25, 0.3) is 0 Å². The predicted octanol–water partition coefficient (Wildman–Crippen LogP) is 0.719. The minimum absolute atomic E-state index is 0.544. The van der Waals surface area contributed by atoms with E-state index in [2.05, 4.69) is 33.5 Å². The molecule has 0 bridgehead atoms. The molecular formula is C11H20N4S. The zero-order valence-corrected chi connectivity index (χ0v) is 10.8. The monoisotopic (exact) mass is 240 g/mol. The Balaban J connectivity index is 1.80. The lowest BCUT2D eigenvalue weighted by atomic mass is 10.1. The van der Waals surface area contributed by atoms with E-state index in [-0.39, 0.29) is 0 Å². The van der Waals surface area contributed by atoms with E-state index in [4.69, 9.17) is 0 Å². The van der Waals surface area contributed by atoms with Gasteiger partial charge in [-0.15, -0.1) is 0 Å². The van der Waals surface area contributed by atoms with Crippen molar-refractivity contribution in [1.82, 2.24) is 20.2 Å². The van der Waals surface area contributed by atoms with Gasteiger partial charge < -0.3 is 15.2 Å². The quantitative estimate of drug-likeness (QED) is 0.796. The van der Waals surface area contributed by atoms with E-state index < -0.39 is 0 Å². The molecule has 1 aliphatic rings. The van der Waals surface area contributed by atoms with Crippen molar-refractivity contribution in [3.05, 3.63) is 17.7 Å². The molecule has 0 radical (unpaired) electrons. The third-order valence-corrected chi connectivity index (χ3v) is 3.61. The number of hydrogen-bond donors (Lipinski definition) is 2. The molecule has 0 aromatic carbocycles. The Morgan fingerprint density at radius 3 is 3.31 bits per heavy atom. The Kier molecular flexibility index (Phi) is 4.26. The molecule has 1 atom stereocenters. The highest BCUT2D eigenvalue weighted by Crippen LogP contribution is 2.12. The average Bonchev–Trinajstić information content (AvgIpc) is 2.73. The highest BCUT2D eigenvalue weighted by Gasteiger charge is 2.20. The molecule has 90 valence electrons. The van der Waals surface area contributed by atoms with Crippen LogP contribution in [0.15, 0.2) is 6.33 Å². The average molecular weight is 240 g/mol. The van der Waals surface area contributed by atoms with E-state index in [0.717, 1.165) is 26.1 Å². The van der Waals surface area contributed by atoms with Gasteiger partial charge in [-0.1, -0.05) is 0 Å². The standard InChI is InChI=1S/C11H20N4S/c1-15(3-4-16-2)7-9-5-10-11(6-12-9)14-8-13-10/h8-9,12H,3-7H2,1-2H3,(H,13,14). The van der Waals surface area contributed by atoms with Crippen LogP contribution in [0.4, 0.5) is 0 Å². The molecule has 2 N–H and O–H groups in total. The van der Waals surface area contributed by atoms with Crippen molar-refractivity contribution in [2.24, 2.45) is 0 Å². The van der Waals surface area contributed by atoms with Crippen molar-refractivity contribution >= 4 is 11.8 Å². The highest BCUT2D eigenvalue weighted by atomic mass is 32.2. The molecule has 1 aromatic rings. The third kappa shape index (κ3) is 2.99. The van der Waals surface area contributed by atoms with Crippen LogP contribution < -0.4 is 5.32 Å². The van der Waals surface area contributed by atoms with E-state index in [0.29, 0.717) is 6.04 Å². The Labute approximate surface area is 101 Å². The van der Waals surface area contributed by atoms with Gasteiger partial charge in [0.05, 0.1) is 17.7 Å². The lowest BCUT2D eigenvalue weighted by molar-refractivity contribution is 0.292. The molecule has 1 aromatic heterocycles. The van der Waals surface area contributed by atoms with E-state index in [1.54, 1.807) is 6.33 Å². The topological polar surface area (TPSA) is 44.0 Å². The van der Waals surface area contributed by atoms with Crippen LogP contribution in [-0.2, 0) is 13.0 Å². The van der Waals surface area contributed by atoms with Crippen LogP contribution >= 0.6 is 11.8 Å². The largest absolute Gasteiger partial charge is 0.347 e. The molecule has 5 heteroatoms. The van der Waals surface area contributed by atoms with Gasteiger partial charge in [-0.3, -0.25) is 0 Å². The number of fused-ring (bicyclic) bond motifs is 1. The number of aromatic amines is 1. The summed E-state index contributed by atoms with van der Waals surface area (Å²) in [4.78, 5) is 9.93. The van der Waals surface area contributed by atoms with Gasteiger partial charge in [0, 0.05) is 37.8 Å². The van der Waals surface area contributed by atoms with Crippen LogP contribution in [0.1, 0.15) is 11.4 Å². The van der Waals surface area contributed by atoms with Gasteiger partial charge in [0.2, 0.25) is 0 Å². The number of rotatable bonds is 5. The van der Waals surface area contributed by atoms with Gasteiger partial charge in [0.1, 0.15) is 0 Å². The molecule has 2 rings (SSSR count). The van der Waals surface area contributed by atoms with Gasteiger partial charge in [-0.05, 0) is 13.3 Å². The highest BCUT2D eigenvalue weighted by molar-refractivity contribution is 7.98. The molecule has 0 saturated heterocycles. The minimum Gasteiger partial charge on any atom is -0.347 e. The summed E-state index contributed by atoms with van der Waals surface area (Å²) in [6, 6.07) is 0.544. The Bertz CT molecular complexity index is 326. The molecule has 0 aliphatic carbocycles. The zero-order valence-electron chi connectivity index (χ0n) is 9.99. The number of nitrogens with one attached hydrogen (secondary N) is 2. The second-order valence-electron chi connectivity index (χ2n) is 4.36.